The van der Waals surface area contributed by atoms with Gasteiger partial charge < -0.3 is 10.1 Å². The van der Waals surface area contributed by atoms with Crippen LogP contribution in [0.3, 0.4) is 0 Å². The minimum absolute atomic E-state index is 0.0122. The Morgan fingerprint density at radius 2 is 1.86 bits per heavy atom. The summed E-state index contributed by atoms with van der Waals surface area (Å²) < 4.78 is 5.22. The number of nitro groups is 1. The molecular weight excluding hydrogens is 284 g/mol. The Kier molecular flexibility index (Phi) is 5.08. The van der Waals surface area contributed by atoms with Crippen molar-refractivity contribution in [2.24, 2.45) is 0 Å². The van der Waals surface area contributed by atoms with Crippen LogP contribution in [0.5, 0.6) is 5.75 Å². The fourth-order valence-corrected chi connectivity index (χ4v) is 2.03. The maximum absolute atomic E-state index is 11.9. The van der Waals surface area contributed by atoms with Crippen LogP contribution >= 0.6 is 0 Å². The van der Waals surface area contributed by atoms with E-state index in [1.54, 1.807) is 19.2 Å². The summed E-state index contributed by atoms with van der Waals surface area (Å²) in [5.41, 5.74) is 1.63. The summed E-state index contributed by atoms with van der Waals surface area (Å²) >= 11 is 0. The van der Waals surface area contributed by atoms with Crippen LogP contribution in [0, 0.1) is 10.1 Å². The fraction of sp³-hybridized carbons (Fsp3) is 0.188. The SMILES string of the molecule is COc1ccccc1CNC(=O)Cc1ccc([N+](=O)[O-])cc1. The summed E-state index contributed by atoms with van der Waals surface area (Å²) in [7, 11) is 1.58. The lowest BCUT2D eigenvalue weighted by Crippen LogP contribution is -2.24. The third-order valence-electron chi connectivity index (χ3n) is 3.18. The van der Waals surface area contributed by atoms with Gasteiger partial charge in [0.2, 0.25) is 5.91 Å². The first-order chi connectivity index (χ1) is 10.6. The number of hydrogen-bond donors (Lipinski definition) is 1. The zero-order valence-electron chi connectivity index (χ0n) is 12.1. The second-order valence-corrected chi connectivity index (χ2v) is 4.69. The third-order valence-corrected chi connectivity index (χ3v) is 3.18. The summed E-state index contributed by atoms with van der Waals surface area (Å²) in [4.78, 5) is 22.0. The van der Waals surface area contributed by atoms with E-state index < -0.39 is 4.92 Å². The number of para-hydroxylation sites is 1. The van der Waals surface area contributed by atoms with Crippen molar-refractivity contribution in [2.75, 3.05) is 7.11 Å². The molecule has 6 nitrogen and oxygen atoms in total. The molecule has 0 aliphatic heterocycles. The molecule has 0 saturated heterocycles. The molecule has 0 heterocycles. The van der Waals surface area contributed by atoms with Crippen molar-refractivity contribution >= 4 is 11.6 Å². The Balaban J connectivity index is 1.91. The van der Waals surface area contributed by atoms with Gasteiger partial charge in [0.1, 0.15) is 5.75 Å². The van der Waals surface area contributed by atoms with Gasteiger partial charge in [0.25, 0.3) is 5.69 Å². The highest BCUT2D eigenvalue weighted by molar-refractivity contribution is 5.78. The van der Waals surface area contributed by atoms with Crippen LogP contribution in [0.4, 0.5) is 5.69 Å². The van der Waals surface area contributed by atoms with Crippen LogP contribution in [0.1, 0.15) is 11.1 Å². The van der Waals surface area contributed by atoms with E-state index in [9.17, 15) is 14.9 Å². The number of non-ortho nitro benzene ring substituents is 1. The van der Waals surface area contributed by atoms with Gasteiger partial charge >= 0.3 is 0 Å². The van der Waals surface area contributed by atoms with Crippen LogP contribution in [-0.2, 0) is 17.8 Å². The Morgan fingerprint density at radius 1 is 1.18 bits per heavy atom. The van der Waals surface area contributed by atoms with E-state index in [0.717, 1.165) is 16.9 Å². The van der Waals surface area contributed by atoms with Gasteiger partial charge in [-0.3, -0.25) is 14.9 Å². The molecule has 0 unspecified atom stereocenters. The van der Waals surface area contributed by atoms with Gasteiger partial charge in [0, 0.05) is 24.2 Å². The van der Waals surface area contributed by atoms with Crippen molar-refractivity contribution in [2.45, 2.75) is 13.0 Å². The number of nitro benzene ring substituents is 1. The van der Waals surface area contributed by atoms with E-state index in [2.05, 4.69) is 5.32 Å². The molecule has 0 aliphatic carbocycles. The van der Waals surface area contributed by atoms with Gasteiger partial charge in [0.15, 0.2) is 0 Å². The predicted octanol–water partition coefficient (Wildman–Crippen LogP) is 2.46. The van der Waals surface area contributed by atoms with Crippen molar-refractivity contribution in [3.05, 3.63) is 69.8 Å². The average molecular weight is 300 g/mol. The molecule has 0 aliphatic rings. The van der Waals surface area contributed by atoms with Gasteiger partial charge in [-0.25, -0.2) is 0 Å². The first-order valence-electron chi connectivity index (χ1n) is 6.72. The summed E-state index contributed by atoms with van der Waals surface area (Å²) in [6, 6.07) is 13.4. The molecular formula is C16H16N2O4. The Morgan fingerprint density at radius 3 is 2.50 bits per heavy atom. The lowest BCUT2D eigenvalue weighted by Gasteiger charge is -2.09. The normalized spacial score (nSPS) is 10.0. The second-order valence-electron chi connectivity index (χ2n) is 4.69. The molecule has 114 valence electrons. The predicted molar refractivity (Wildman–Crippen MR) is 81.6 cm³/mol. The summed E-state index contributed by atoms with van der Waals surface area (Å²) in [5.74, 6) is 0.567. The number of methoxy groups -OCH3 is 1. The van der Waals surface area contributed by atoms with Crippen molar-refractivity contribution in [1.29, 1.82) is 0 Å². The first kappa shape index (κ1) is 15.5. The number of carbonyl (C=O) groups is 1. The Bertz CT molecular complexity index is 668. The van der Waals surface area contributed by atoms with Gasteiger partial charge in [-0.05, 0) is 11.6 Å². The highest BCUT2D eigenvalue weighted by Crippen LogP contribution is 2.17. The van der Waals surface area contributed by atoms with Crippen molar-refractivity contribution in [1.82, 2.24) is 5.32 Å². The molecule has 22 heavy (non-hydrogen) atoms. The zero-order valence-corrected chi connectivity index (χ0v) is 12.1. The molecule has 1 amide bonds. The van der Waals surface area contributed by atoms with E-state index >= 15 is 0 Å². The summed E-state index contributed by atoms with van der Waals surface area (Å²) in [6.45, 7) is 0.371. The summed E-state index contributed by atoms with van der Waals surface area (Å²) in [6.07, 6.45) is 0.174. The van der Waals surface area contributed by atoms with E-state index in [4.69, 9.17) is 4.74 Å². The molecule has 0 spiro atoms. The number of ether oxygens (including phenoxy) is 1. The molecule has 0 radical (unpaired) electrons. The van der Waals surface area contributed by atoms with Crippen LogP contribution in [0.25, 0.3) is 0 Å². The molecule has 1 N–H and O–H groups in total. The number of carbonyl (C=O) groups excluding carboxylic acids is 1. The molecule has 0 aromatic heterocycles. The number of nitrogens with zero attached hydrogens (tertiary/aromatic N) is 1. The van der Waals surface area contributed by atoms with Gasteiger partial charge in [-0.15, -0.1) is 0 Å². The minimum Gasteiger partial charge on any atom is -0.496 e. The average Bonchev–Trinajstić information content (AvgIpc) is 2.53. The molecule has 0 saturated carbocycles. The molecule has 2 aromatic carbocycles. The van der Waals surface area contributed by atoms with Gasteiger partial charge in [-0.2, -0.15) is 0 Å². The van der Waals surface area contributed by atoms with Crippen molar-refractivity contribution < 1.29 is 14.5 Å². The van der Waals surface area contributed by atoms with Crippen LogP contribution < -0.4 is 10.1 Å². The molecule has 2 aromatic rings. The lowest BCUT2D eigenvalue weighted by molar-refractivity contribution is -0.384. The van der Waals surface area contributed by atoms with E-state index in [-0.39, 0.29) is 18.0 Å². The monoisotopic (exact) mass is 300 g/mol. The molecule has 0 fully saturated rings. The van der Waals surface area contributed by atoms with E-state index in [1.165, 1.54) is 12.1 Å². The maximum Gasteiger partial charge on any atom is 0.269 e. The Labute approximate surface area is 127 Å². The van der Waals surface area contributed by atoms with E-state index in [1.807, 2.05) is 24.3 Å². The van der Waals surface area contributed by atoms with Crippen LogP contribution in [0.2, 0.25) is 0 Å². The number of rotatable bonds is 6. The maximum atomic E-state index is 11.9. The van der Waals surface area contributed by atoms with Crippen LogP contribution in [0.15, 0.2) is 48.5 Å². The summed E-state index contributed by atoms with van der Waals surface area (Å²) in [5, 5.41) is 13.4. The first-order valence-corrected chi connectivity index (χ1v) is 6.72. The minimum atomic E-state index is -0.467. The quantitative estimate of drug-likeness (QED) is 0.656. The van der Waals surface area contributed by atoms with Crippen LogP contribution in [-0.4, -0.2) is 17.9 Å². The number of hydrogen-bond acceptors (Lipinski definition) is 4. The highest BCUT2D eigenvalue weighted by Gasteiger charge is 2.08. The number of nitrogens with one attached hydrogen (secondary N) is 1. The second kappa shape index (κ2) is 7.21. The molecule has 2 rings (SSSR count). The smallest absolute Gasteiger partial charge is 0.269 e. The lowest BCUT2D eigenvalue weighted by atomic mass is 10.1. The Hall–Kier alpha value is -2.89. The standard InChI is InChI=1S/C16H16N2O4/c1-22-15-5-3-2-4-13(15)11-17-16(19)10-12-6-8-14(9-7-12)18(20)21/h2-9H,10-11H2,1H3,(H,17,19). The van der Waals surface area contributed by atoms with Crippen molar-refractivity contribution in [3.63, 3.8) is 0 Å². The number of benzene rings is 2. The van der Waals surface area contributed by atoms with Gasteiger partial charge in [0.05, 0.1) is 18.5 Å². The topological polar surface area (TPSA) is 81.5 Å². The molecule has 6 heteroatoms. The van der Waals surface area contributed by atoms with Crippen molar-refractivity contribution in [3.8, 4) is 5.75 Å². The van der Waals surface area contributed by atoms with Gasteiger partial charge in [-0.1, -0.05) is 30.3 Å². The zero-order chi connectivity index (χ0) is 15.9. The molecule has 0 atom stereocenters. The number of amides is 1. The largest absolute Gasteiger partial charge is 0.496 e. The fourth-order valence-electron chi connectivity index (χ4n) is 2.03. The molecule has 0 bridgehead atoms. The third kappa shape index (κ3) is 4.05. The highest BCUT2D eigenvalue weighted by atomic mass is 16.6. The van der Waals surface area contributed by atoms with E-state index in [0.29, 0.717) is 6.54 Å².